The number of fused-ring (bicyclic) bond motifs is 1. The topological polar surface area (TPSA) is 68.0 Å². The van der Waals surface area contributed by atoms with E-state index in [1.54, 1.807) is 11.3 Å². The van der Waals surface area contributed by atoms with Gasteiger partial charge in [-0.25, -0.2) is 4.98 Å². The number of carboxylic acid groups (broad SMARTS) is 1. The van der Waals surface area contributed by atoms with Gasteiger partial charge in [-0.05, 0) is 74.2 Å². The molecule has 0 saturated carbocycles. The lowest BCUT2D eigenvalue weighted by Gasteiger charge is -2.18. The fourth-order valence-electron chi connectivity index (χ4n) is 4.33. The number of benzene rings is 3. The van der Waals surface area contributed by atoms with Gasteiger partial charge in [0.1, 0.15) is 5.01 Å². The normalized spacial score (nSPS) is 11.8. The van der Waals surface area contributed by atoms with Gasteiger partial charge in [0.05, 0.1) is 28.4 Å². The molecule has 0 radical (unpaired) electrons. The van der Waals surface area contributed by atoms with Crippen LogP contribution >= 0.6 is 22.9 Å². The van der Waals surface area contributed by atoms with Crippen LogP contribution < -0.4 is 0 Å². The van der Waals surface area contributed by atoms with Gasteiger partial charge >= 0.3 is 5.97 Å². The van der Waals surface area contributed by atoms with Crippen molar-refractivity contribution in [2.45, 2.75) is 39.7 Å². The Morgan fingerprint density at radius 2 is 1.75 bits per heavy atom. The van der Waals surface area contributed by atoms with Crippen LogP contribution in [-0.2, 0) is 16.8 Å². The summed E-state index contributed by atoms with van der Waals surface area (Å²) in [6.07, 6.45) is 3.90. The van der Waals surface area contributed by atoms with Crippen molar-refractivity contribution >= 4 is 39.1 Å². The first-order valence-electron chi connectivity index (χ1n) is 11.7. The highest BCUT2D eigenvalue weighted by Crippen LogP contribution is 2.41. The molecule has 0 saturated heterocycles. The van der Waals surface area contributed by atoms with E-state index in [0.29, 0.717) is 5.02 Å². The maximum absolute atomic E-state index is 11.7. The summed E-state index contributed by atoms with van der Waals surface area (Å²) in [5, 5.41) is 15.7. The van der Waals surface area contributed by atoms with Crippen molar-refractivity contribution in [1.29, 1.82) is 0 Å². The highest BCUT2D eigenvalue weighted by molar-refractivity contribution is 7.22. The first-order valence-corrected chi connectivity index (χ1v) is 12.9. The van der Waals surface area contributed by atoms with E-state index in [-0.39, 0.29) is 12.0 Å². The number of thiazole rings is 1. The fourth-order valence-corrected chi connectivity index (χ4v) is 5.59. The molecule has 0 fully saturated rings. The van der Waals surface area contributed by atoms with Crippen molar-refractivity contribution in [2.75, 3.05) is 0 Å². The van der Waals surface area contributed by atoms with Gasteiger partial charge in [0, 0.05) is 27.9 Å². The highest BCUT2D eigenvalue weighted by atomic mass is 35.5. The van der Waals surface area contributed by atoms with Gasteiger partial charge in [-0.15, -0.1) is 11.3 Å². The second-order valence-corrected chi connectivity index (χ2v) is 11.4. The zero-order chi connectivity index (χ0) is 25.6. The lowest BCUT2D eigenvalue weighted by Crippen LogP contribution is -2.21. The number of aryl methyl sites for hydroxylation is 1. The molecule has 7 heteroatoms. The lowest BCUT2D eigenvalue weighted by molar-refractivity contribution is -0.136. The van der Waals surface area contributed by atoms with Crippen LogP contribution in [0.1, 0.15) is 31.9 Å². The minimum Gasteiger partial charge on any atom is -0.481 e. The van der Waals surface area contributed by atoms with Crippen LogP contribution in [0.25, 0.3) is 43.0 Å². The van der Waals surface area contributed by atoms with Gasteiger partial charge in [-0.2, -0.15) is 5.10 Å². The number of aromatic nitrogens is 3. The van der Waals surface area contributed by atoms with E-state index < -0.39 is 5.97 Å². The smallest absolute Gasteiger partial charge is 0.307 e. The molecular weight excluding hydrogens is 490 g/mol. The van der Waals surface area contributed by atoms with Crippen LogP contribution in [0, 0.1) is 6.92 Å². The molecule has 5 aromatic rings. The molecule has 36 heavy (non-hydrogen) atoms. The van der Waals surface area contributed by atoms with Crippen molar-refractivity contribution < 1.29 is 9.90 Å². The van der Waals surface area contributed by atoms with Crippen molar-refractivity contribution in [2.24, 2.45) is 0 Å². The monoisotopic (exact) mass is 515 g/mol. The molecule has 1 N–H and O–H groups in total. The van der Waals surface area contributed by atoms with E-state index in [4.69, 9.17) is 16.6 Å². The minimum atomic E-state index is -0.860. The Morgan fingerprint density at radius 3 is 2.42 bits per heavy atom. The quantitative estimate of drug-likeness (QED) is 0.259. The van der Waals surface area contributed by atoms with E-state index in [1.165, 1.54) is 0 Å². The third-order valence-electron chi connectivity index (χ3n) is 6.19. The van der Waals surface area contributed by atoms with Crippen LogP contribution in [0.4, 0.5) is 0 Å². The number of hydrogen-bond acceptors (Lipinski definition) is 4. The summed E-state index contributed by atoms with van der Waals surface area (Å²) in [5.74, 6) is -0.860. The molecule has 0 aliphatic rings. The van der Waals surface area contributed by atoms with Crippen LogP contribution in [0.3, 0.4) is 0 Å². The van der Waals surface area contributed by atoms with Crippen molar-refractivity contribution in [3.63, 3.8) is 0 Å². The molecule has 182 valence electrons. The van der Waals surface area contributed by atoms with Gasteiger partial charge in [0.15, 0.2) is 0 Å². The van der Waals surface area contributed by atoms with Gasteiger partial charge in [0.2, 0.25) is 0 Å². The van der Waals surface area contributed by atoms with E-state index in [1.807, 2.05) is 54.2 Å². The molecule has 0 atom stereocenters. The summed E-state index contributed by atoms with van der Waals surface area (Å²) in [5.41, 5.74) is 7.46. The SMILES string of the molecule is Cc1cc2nc(-c3cccc(-c4cnn(C(C)(C)C)c4)c3)sc2c(-c2ccc(Cl)cc2)c1CC(=O)O. The van der Waals surface area contributed by atoms with E-state index in [2.05, 4.69) is 50.3 Å². The summed E-state index contributed by atoms with van der Waals surface area (Å²) in [6.45, 7) is 8.32. The predicted molar refractivity (Wildman–Crippen MR) is 148 cm³/mol. The average Bonchev–Trinajstić information content (AvgIpc) is 3.48. The first kappa shape index (κ1) is 24.2. The number of carboxylic acids is 1. The second kappa shape index (κ2) is 9.19. The number of halogens is 1. The maximum atomic E-state index is 11.7. The Bertz CT molecular complexity index is 1590. The Kier molecular flexibility index (Phi) is 6.18. The number of nitrogens with zero attached hydrogens (tertiary/aromatic N) is 3. The molecular formula is C29H26ClN3O2S. The Labute approximate surface area is 219 Å². The molecule has 2 aromatic heterocycles. The van der Waals surface area contributed by atoms with Gasteiger partial charge in [0.25, 0.3) is 0 Å². The second-order valence-electron chi connectivity index (χ2n) is 9.92. The molecule has 5 rings (SSSR count). The molecule has 0 unspecified atom stereocenters. The highest BCUT2D eigenvalue weighted by Gasteiger charge is 2.20. The molecule has 0 amide bonds. The number of carbonyl (C=O) groups is 1. The Hall–Kier alpha value is -3.48. The number of aliphatic carboxylic acids is 1. The lowest BCUT2D eigenvalue weighted by atomic mass is 9.93. The van der Waals surface area contributed by atoms with Crippen LogP contribution in [0.15, 0.2) is 67.0 Å². The summed E-state index contributed by atoms with van der Waals surface area (Å²) < 4.78 is 2.94. The first-order chi connectivity index (χ1) is 17.1. The number of hydrogen-bond donors (Lipinski definition) is 1. The van der Waals surface area contributed by atoms with Gasteiger partial charge in [-0.3, -0.25) is 9.48 Å². The summed E-state index contributed by atoms with van der Waals surface area (Å²) >= 11 is 7.72. The van der Waals surface area contributed by atoms with E-state index in [9.17, 15) is 9.90 Å². The molecule has 0 bridgehead atoms. The van der Waals surface area contributed by atoms with Crippen LogP contribution in [0.2, 0.25) is 5.02 Å². The Balaban J connectivity index is 1.65. The van der Waals surface area contributed by atoms with Crippen molar-refractivity contribution in [3.8, 4) is 32.8 Å². The van der Waals surface area contributed by atoms with Crippen LogP contribution in [0.5, 0.6) is 0 Å². The largest absolute Gasteiger partial charge is 0.481 e. The summed E-state index contributed by atoms with van der Waals surface area (Å²) in [7, 11) is 0. The number of rotatable bonds is 5. The summed E-state index contributed by atoms with van der Waals surface area (Å²) in [4.78, 5) is 16.7. The average molecular weight is 516 g/mol. The molecule has 3 aromatic carbocycles. The molecule has 0 aliphatic carbocycles. The zero-order valence-electron chi connectivity index (χ0n) is 20.5. The van der Waals surface area contributed by atoms with E-state index in [0.717, 1.165) is 54.2 Å². The van der Waals surface area contributed by atoms with Crippen LogP contribution in [-0.4, -0.2) is 25.8 Å². The molecule has 0 aliphatic heterocycles. The standard InChI is InChI=1S/C29H26ClN3O2S/c1-17-12-24-27(26(23(17)14-25(34)35)18-8-10-22(30)11-9-18)36-28(32-24)20-7-5-6-19(13-20)21-15-31-33(16-21)29(2,3)4/h5-13,15-16H,14H2,1-4H3,(H,34,35). The third-order valence-corrected chi connectivity index (χ3v) is 7.57. The third kappa shape index (κ3) is 4.66. The van der Waals surface area contributed by atoms with Gasteiger partial charge in [-0.1, -0.05) is 41.9 Å². The van der Waals surface area contributed by atoms with Gasteiger partial charge < -0.3 is 5.11 Å². The Morgan fingerprint density at radius 1 is 1.03 bits per heavy atom. The summed E-state index contributed by atoms with van der Waals surface area (Å²) in [6, 6.07) is 17.8. The zero-order valence-corrected chi connectivity index (χ0v) is 22.1. The molecule has 5 nitrogen and oxygen atoms in total. The predicted octanol–water partition coefficient (Wildman–Crippen LogP) is 7.84. The minimum absolute atomic E-state index is 0.0553. The van der Waals surface area contributed by atoms with Crippen molar-refractivity contribution in [1.82, 2.24) is 14.8 Å². The fraction of sp³-hybridized carbons (Fsp3) is 0.207. The molecule has 2 heterocycles. The van der Waals surface area contributed by atoms with E-state index >= 15 is 0 Å². The maximum Gasteiger partial charge on any atom is 0.307 e. The molecule has 0 spiro atoms. The van der Waals surface area contributed by atoms with Crippen molar-refractivity contribution in [3.05, 3.63) is 83.1 Å².